The van der Waals surface area contributed by atoms with Crippen molar-refractivity contribution in [2.75, 3.05) is 11.9 Å². The van der Waals surface area contributed by atoms with Gasteiger partial charge in [0.05, 0.1) is 12.6 Å². The van der Waals surface area contributed by atoms with Crippen molar-refractivity contribution >= 4 is 11.6 Å². The van der Waals surface area contributed by atoms with E-state index in [4.69, 9.17) is 0 Å². The summed E-state index contributed by atoms with van der Waals surface area (Å²) in [4.78, 5) is 11.7. The van der Waals surface area contributed by atoms with E-state index in [1.165, 1.54) is 6.07 Å². The first-order chi connectivity index (χ1) is 8.91. The van der Waals surface area contributed by atoms with Crippen molar-refractivity contribution in [3.05, 3.63) is 29.6 Å². The van der Waals surface area contributed by atoms with E-state index in [0.29, 0.717) is 12.0 Å². The second-order valence-corrected chi connectivity index (χ2v) is 4.64. The number of rotatable bonds is 3. The zero-order chi connectivity index (χ0) is 14.0. The fourth-order valence-corrected chi connectivity index (χ4v) is 2.04. The fourth-order valence-electron chi connectivity index (χ4n) is 2.04. The van der Waals surface area contributed by atoms with E-state index in [2.05, 4.69) is 10.6 Å². The van der Waals surface area contributed by atoms with Crippen molar-refractivity contribution in [3.8, 4) is 0 Å². The van der Waals surface area contributed by atoms with Gasteiger partial charge in [0.2, 0.25) is 5.91 Å². The van der Waals surface area contributed by atoms with E-state index < -0.39 is 36.7 Å². The maximum Gasteiger partial charge on any atom is 0.262 e. The Morgan fingerprint density at radius 3 is 2.79 bits per heavy atom. The average Bonchev–Trinajstić information content (AvgIpc) is 2.70. The molecule has 0 aromatic heterocycles. The number of amides is 1. The van der Waals surface area contributed by atoms with E-state index in [1.807, 2.05) is 6.92 Å². The van der Waals surface area contributed by atoms with E-state index in [0.717, 1.165) is 0 Å². The summed E-state index contributed by atoms with van der Waals surface area (Å²) in [5.74, 6) is -3.84. The summed E-state index contributed by atoms with van der Waals surface area (Å²) in [5, 5.41) is 4.89. The molecular weight excluding hydrogens is 257 g/mol. The third-order valence-electron chi connectivity index (χ3n) is 3.13. The van der Waals surface area contributed by atoms with Crippen LogP contribution in [0.15, 0.2) is 18.2 Å². The van der Waals surface area contributed by atoms with Crippen LogP contribution in [0.4, 0.5) is 18.9 Å². The van der Waals surface area contributed by atoms with Crippen molar-refractivity contribution in [2.45, 2.75) is 31.7 Å². The number of benzene rings is 1. The molecule has 1 aromatic rings. The molecule has 1 amide bonds. The number of alkyl halides is 2. The minimum Gasteiger partial charge on any atom is -0.325 e. The van der Waals surface area contributed by atoms with Gasteiger partial charge in [0.25, 0.3) is 5.92 Å². The van der Waals surface area contributed by atoms with Crippen molar-refractivity contribution in [3.63, 3.8) is 0 Å². The van der Waals surface area contributed by atoms with Crippen LogP contribution in [0.2, 0.25) is 0 Å². The highest BCUT2D eigenvalue weighted by molar-refractivity contribution is 5.95. The smallest absolute Gasteiger partial charge is 0.262 e. The lowest BCUT2D eigenvalue weighted by atomic mass is 10.1. The molecule has 1 heterocycles. The lowest BCUT2D eigenvalue weighted by Crippen LogP contribution is -2.35. The molecule has 6 heteroatoms. The van der Waals surface area contributed by atoms with Gasteiger partial charge in [0.15, 0.2) is 0 Å². The Hall–Kier alpha value is -1.56. The Labute approximate surface area is 109 Å². The van der Waals surface area contributed by atoms with Gasteiger partial charge in [-0.05, 0) is 24.1 Å². The highest BCUT2D eigenvalue weighted by atomic mass is 19.3. The number of carbonyl (C=O) groups is 1. The number of halogens is 3. The van der Waals surface area contributed by atoms with Crippen LogP contribution in [0.3, 0.4) is 0 Å². The van der Waals surface area contributed by atoms with Crippen LogP contribution in [0.25, 0.3) is 0 Å². The molecule has 3 nitrogen and oxygen atoms in total. The van der Waals surface area contributed by atoms with Gasteiger partial charge >= 0.3 is 0 Å². The number of aryl methyl sites for hydroxylation is 1. The molecule has 0 saturated carbocycles. The molecule has 1 aliphatic rings. The lowest BCUT2D eigenvalue weighted by Gasteiger charge is -2.12. The number of hydrogen-bond donors (Lipinski definition) is 2. The summed E-state index contributed by atoms with van der Waals surface area (Å²) in [6, 6.07) is 3.39. The van der Waals surface area contributed by atoms with E-state index in [-0.39, 0.29) is 5.69 Å². The summed E-state index contributed by atoms with van der Waals surface area (Å²) in [6.45, 7) is 1.31. The van der Waals surface area contributed by atoms with Gasteiger partial charge in [-0.1, -0.05) is 13.0 Å². The average molecular weight is 272 g/mol. The van der Waals surface area contributed by atoms with Crippen LogP contribution < -0.4 is 10.6 Å². The lowest BCUT2D eigenvalue weighted by molar-refractivity contribution is -0.118. The zero-order valence-corrected chi connectivity index (χ0v) is 10.5. The third-order valence-corrected chi connectivity index (χ3v) is 3.13. The predicted octanol–water partition coefficient (Wildman–Crippen LogP) is 2.32. The highest BCUT2D eigenvalue weighted by Gasteiger charge is 2.42. The second-order valence-electron chi connectivity index (χ2n) is 4.64. The van der Waals surface area contributed by atoms with Crippen LogP contribution in [0, 0.1) is 5.82 Å². The minimum atomic E-state index is -2.86. The molecule has 0 bridgehead atoms. The topological polar surface area (TPSA) is 41.1 Å². The summed E-state index contributed by atoms with van der Waals surface area (Å²) in [5.41, 5.74) is 0.820. The van der Waals surface area contributed by atoms with Crippen LogP contribution in [0.1, 0.15) is 18.9 Å². The highest BCUT2D eigenvalue weighted by Crippen LogP contribution is 2.26. The standard InChI is InChI=1S/C13H15F3N2O/c1-2-8-3-4-9(5-10(8)14)18-12(19)11-6-13(15,16)7-17-11/h3-5,11,17H,2,6-7H2,1H3,(H,18,19). The molecule has 0 radical (unpaired) electrons. The molecule has 1 saturated heterocycles. The molecule has 1 unspecified atom stereocenters. The van der Waals surface area contributed by atoms with Gasteiger partial charge in [-0.2, -0.15) is 0 Å². The van der Waals surface area contributed by atoms with Gasteiger partial charge in [0.1, 0.15) is 5.82 Å². The van der Waals surface area contributed by atoms with Crippen LogP contribution >= 0.6 is 0 Å². The number of carbonyl (C=O) groups excluding carboxylic acids is 1. The zero-order valence-electron chi connectivity index (χ0n) is 10.5. The largest absolute Gasteiger partial charge is 0.325 e. The van der Waals surface area contributed by atoms with Crippen molar-refractivity contribution in [1.29, 1.82) is 0 Å². The summed E-state index contributed by atoms with van der Waals surface area (Å²) >= 11 is 0. The minimum absolute atomic E-state index is 0.275. The molecule has 2 rings (SSSR count). The first-order valence-corrected chi connectivity index (χ1v) is 6.12. The molecule has 1 aliphatic heterocycles. The Kier molecular flexibility index (Phi) is 3.80. The summed E-state index contributed by atoms with van der Waals surface area (Å²) in [7, 11) is 0. The van der Waals surface area contributed by atoms with Crippen LogP contribution in [-0.4, -0.2) is 24.4 Å². The van der Waals surface area contributed by atoms with Gasteiger partial charge < -0.3 is 5.32 Å². The maximum absolute atomic E-state index is 13.5. The molecule has 19 heavy (non-hydrogen) atoms. The van der Waals surface area contributed by atoms with E-state index in [1.54, 1.807) is 12.1 Å². The number of anilines is 1. The van der Waals surface area contributed by atoms with Crippen LogP contribution in [0.5, 0.6) is 0 Å². The second kappa shape index (κ2) is 5.21. The van der Waals surface area contributed by atoms with E-state index >= 15 is 0 Å². The Bertz CT molecular complexity index is 491. The fraction of sp³-hybridized carbons (Fsp3) is 0.462. The van der Waals surface area contributed by atoms with Crippen molar-refractivity contribution in [1.82, 2.24) is 5.32 Å². The number of hydrogen-bond acceptors (Lipinski definition) is 2. The molecular formula is C13H15F3N2O. The normalized spacial score (nSPS) is 21.4. The Balaban J connectivity index is 2.01. The molecule has 2 N–H and O–H groups in total. The van der Waals surface area contributed by atoms with Gasteiger partial charge in [-0.25, -0.2) is 13.2 Å². The quantitative estimate of drug-likeness (QED) is 0.886. The molecule has 1 fully saturated rings. The summed E-state index contributed by atoms with van der Waals surface area (Å²) < 4.78 is 39.4. The number of nitrogens with one attached hydrogen (secondary N) is 2. The van der Waals surface area contributed by atoms with E-state index in [9.17, 15) is 18.0 Å². The molecule has 104 valence electrons. The summed E-state index contributed by atoms with van der Waals surface area (Å²) in [6.07, 6.45) is 0.0187. The first-order valence-electron chi connectivity index (χ1n) is 6.12. The Morgan fingerprint density at radius 2 is 2.26 bits per heavy atom. The molecule has 1 atom stereocenters. The maximum atomic E-state index is 13.5. The van der Waals surface area contributed by atoms with Crippen molar-refractivity contribution < 1.29 is 18.0 Å². The molecule has 1 aromatic carbocycles. The van der Waals surface area contributed by atoms with Gasteiger partial charge in [0, 0.05) is 12.1 Å². The first kappa shape index (κ1) is 13.9. The predicted molar refractivity (Wildman–Crippen MR) is 65.8 cm³/mol. The molecule has 0 aliphatic carbocycles. The monoisotopic (exact) mass is 272 g/mol. The van der Waals surface area contributed by atoms with Crippen LogP contribution in [-0.2, 0) is 11.2 Å². The SMILES string of the molecule is CCc1ccc(NC(=O)C2CC(F)(F)CN2)cc1F. The van der Waals surface area contributed by atoms with Crippen molar-refractivity contribution in [2.24, 2.45) is 0 Å². The van der Waals surface area contributed by atoms with Gasteiger partial charge in [-0.15, -0.1) is 0 Å². The third kappa shape index (κ3) is 3.26. The van der Waals surface area contributed by atoms with Gasteiger partial charge in [-0.3, -0.25) is 10.1 Å². The Morgan fingerprint density at radius 1 is 1.53 bits per heavy atom. The molecule has 0 spiro atoms.